The number of hydrogen-bond donors (Lipinski definition) is 1. The highest BCUT2D eigenvalue weighted by atomic mass is 16.6. The summed E-state index contributed by atoms with van der Waals surface area (Å²) < 4.78 is 5.22. The molecule has 1 saturated heterocycles. The van der Waals surface area contributed by atoms with Gasteiger partial charge in [0.2, 0.25) is 0 Å². The summed E-state index contributed by atoms with van der Waals surface area (Å²) >= 11 is 0. The molecule has 0 radical (unpaired) electrons. The SMILES string of the molecule is BC1CC(C)OC(O)C1C. The molecular weight excluding hydrogens is 127 g/mol. The molecule has 1 N–H and O–H groups in total. The van der Waals surface area contributed by atoms with Gasteiger partial charge < -0.3 is 9.84 Å². The molecule has 58 valence electrons. The molecule has 3 heteroatoms. The quantitative estimate of drug-likeness (QED) is 0.488. The van der Waals surface area contributed by atoms with Gasteiger partial charge in [-0.15, -0.1) is 0 Å². The highest BCUT2D eigenvalue weighted by Crippen LogP contribution is 2.30. The second-order valence-corrected chi connectivity index (χ2v) is 3.41. The van der Waals surface area contributed by atoms with Crippen molar-refractivity contribution in [3.63, 3.8) is 0 Å². The lowest BCUT2D eigenvalue weighted by Crippen LogP contribution is -2.35. The van der Waals surface area contributed by atoms with E-state index >= 15 is 0 Å². The van der Waals surface area contributed by atoms with Gasteiger partial charge in [-0.05, 0) is 13.3 Å². The van der Waals surface area contributed by atoms with Crippen molar-refractivity contribution < 1.29 is 9.84 Å². The van der Waals surface area contributed by atoms with Crippen molar-refractivity contribution in [2.75, 3.05) is 0 Å². The van der Waals surface area contributed by atoms with Gasteiger partial charge in [0.1, 0.15) is 7.85 Å². The summed E-state index contributed by atoms with van der Waals surface area (Å²) in [7, 11) is 2.16. The van der Waals surface area contributed by atoms with Crippen molar-refractivity contribution in [1.29, 1.82) is 0 Å². The molecule has 4 unspecified atom stereocenters. The fraction of sp³-hybridized carbons (Fsp3) is 1.00. The summed E-state index contributed by atoms with van der Waals surface area (Å²) in [6.07, 6.45) is 0.748. The van der Waals surface area contributed by atoms with Crippen LogP contribution in [-0.4, -0.2) is 25.3 Å². The van der Waals surface area contributed by atoms with Crippen LogP contribution in [0.5, 0.6) is 0 Å². The monoisotopic (exact) mass is 142 g/mol. The first kappa shape index (κ1) is 8.09. The lowest BCUT2D eigenvalue weighted by atomic mass is 9.72. The number of aliphatic hydroxyl groups is 1. The Hall–Kier alpha value is -0.0151. The van der Waals surface area contributed by atoms with Crippen LogP contribution in [0.1, 0.15) is 20.3 Å². The zero-order valence-corrected chi connectivity index (χ0v) is 6.87. The van der Waals surface area contributed by atoms with Crippen LogP contribution in [0, 0.1) is 5.92 Å². The van der Waals surface area contributed by atoms with Gasteiger partial charge in [-0.25, -0.2) is 0 Å². The maximum absolute atomic E-state index is 9.30. The van der Waals surface area contributed by atoms with Gasteiger partial charge in [-0.2, -0.15) is 0 Å². The predicted molar refractivity (Wildman–Crippen MR) is 42.6 cm³/mol. The second-order valence-electron chi connectivity index (χ2n) is 3.41. The number of ether oxygens (including phenoxy) is 1. The summed E-state index contributed by atoms with van der Waals surface area (Å²) in [5, 5.41) is 9.30. The van der Waals surface area contributed by atoms with Gasteiger partial charge in [0.15, 0.2) is 6.29 Å². The Balaban J connectivity index is 2.49. The van der Waals surface area contributed by atoms with Crippen LogP contribution in [0.4, 0.5) is 0 Å². The fourth-order valence-electron chi connectivity index (χ4n) is 1.44. The molecule has 0 aromatic rings. The van der Waals surface area contributed by atoms with E-state index in [1.807, 2.05) is 13.8 Å². The van der Waals surface area contributed by atoms with Gasteiger partial charge in [0.25, 0.3) is 0 Å². The van der Waals surface area contributed by atoms with E-state index in [1.165, 1.54) is 0 Å². The first-order valence-electron chi connectivity index (χ1n) is 3.94. The van der Waals surface area contributed by atoms with Crippen molar-refractivity contribution in [3.8, 4) is 0 Å². The molecule has 0 amide bonds. The molecule has 1 fully saturated rings. The number of rotatable bonds is 0. The molecule has 1 aliphatic rings. The summed E-state index contributed by atoms with van der Waals surface area (Å²) in [4.78, 5) is 0. The average molecular weight is 142 g/mol. The normalized spacial score (nSPS) is 49.1. The average Bonchev–Trinajstić information content (AvgIpc) is 1.82. The van der Waals surface area contributed by atoms with E-state index < -0.39 is 6.29 Å². The maximum atomic E-state index is 9.30. The Labute approximate surface area is 63.0 Å². The molecule has 0 bridgehead atoms. The largest absolute Gasteiger partial charge is 0.368 e. The Bertz CT molecular complexity index is 106. The molecule has 0 saturated carbocycles. The molecule has 1 aliphatic heterocycles. The van der Waals surface area contributed by atoms with Crippen LogP contribution >= 0.6 is 0 Å². The van der Waals surface area contributed by atoms with E-state index in [1.54, 1.807) is 0 Å². The Kier molecular flexibility index (Phi) is 2.37. The molecule has 1 heterocycles. The fourth-order valence-corrected chi connectivity index (χ4v) is 1.44. The summed E-state index contributed by atoms with van der Waals surface area (Å²) in [5.74, 6) is 0.870. The van der Waals surface area contributed by atoms with Crippen LogP contribution in [0.2, 0.25) is 5.82 Å². The first-order valence-corrected chi connectivity index (χ1v) is 3.94. The van der Waals surface area contributed by atoms with Crippen LogP contribution < -0.4 is 0 Å². The molecule has 0 aromatic carbocycles. The third kappa shape index (κ3) is 1.52. The van der Waals surface area contributed by atoms with Crippen LogP contribution in [0.3, 0.4) is 0 Å². The Morgan fingerprint density at radius 1 is 1.50 bits per heavy atom. The standard InChI is InChI=1S/C7H15BO2/c1-4-3-6(8)5(2)7(9)10-4/h4-7,9H,3,8H2,1-2H3. The van der Waals surface area contributed by atoms with Gasteiger partial charge in [-0.1, -0.05) is 12.7 Å². The molecule has 1 rings (SSSR count). The number of aliphatic hydroxyl groups excluding tert-OH is 1. The zero-order valence-electron chi connectivity index (χ0n) is 6.87. The van der Waals surface area contributed by atoms with Crippen molar-refractivity contribution in [2.45, 2.75) is 38.5 Å². The zero-order chi connectivity index (χ0) is 7.72. The highest BCUT2D eigenvalue weighted by Gasteiger charge is 2.29. The second kappa shape index (κ2) is 2.93. The molecule has 0 spiro atoms. The van der Waals surface area contributed by atoms with E-state index in [0.29, 0.717) is 5.82 Å². The van der Waals surface area contributed by atoms with Crippen LogP contribution in [-0.2, 0) is 4.74 Å². The van der Waals surface area contributed by atoms with E-state index in [9.17, 15) is 5.11 Å². The van der Waals surface area contributed by atoms with E-state index in [-0.39, 0.29) is 12.0 Å². The molecular formula is C7H15BO2. The van der Waals surface area contributed by atoms with Crippen molar-refractivity contribution >= 4 is 7.85 Å². The molecule has 10 heavy (non-hydrogen) atoms. The minimum Gasteiger partial charge on any atom is -0.368 e. The lowest BCUT2D eigenvalue weighted by Gasteiger charge is -2.34. The molecule has 0 aliphatic carbocycles. The molecule has 0 aromatic heterocycles. The minimum absolute atomic E-state index is 0.223. The Morgan fingerprint density at radius 3 is 2.60 bits per heavy atom. The highest BCUT2D eigenvalue weighted by molar-refractivity contribution is 6.11. The lowest BCUT2D eigenvalue weighted by molar-refractivity contribution is -0.183. The van der Waals surface area contributed by atoms with Crippen molar-refractivity contribution in [3.05, 3.63) is 0 Å². The smallest absolute Gasteiger partial charge is 0.157 e. The van der Waals surface area contributed by atoms with E-state index in [4.69, 9.17) is 4.74 Å². The maximum Gasteiger partial charge on any atom is 0.157 e. The van der Waals surface area contributed by atoms with E-state index in [2.05, 4.69) is 7.85 Å². The molecule has 4 atom stereocenters. The topological polar surface area (TPSA) is 29.5 Å². The van der Waals surface area contributed by atoms with Crippen LogP contribution in [0.15, 0.2) is 0 Å². The number of hydrogen-bond acceptors (Lipinski definition) is 2. The third-order valence-corrected chi connectivity index (χ3v) is 2.42. The van der Waals surface area contributed by atoms with Crippen molar-refractivity contribution in [2.24, 2.45) is 5.92 Å². The van der Waals surface area contributed by atoms with Gasteiger partial charge >= 0.3 is 0 Å². The first-order chi connectivity index (χ1) is 4.61. The minimum atomic E-state index is -0.543. The van der Waals surface area contributed by atoms with Crippen molar-refractivity contribution in [1.82, 2.24) is 0 Å². The van der Waals surface area contributed by atoms with E-state index in [0.717, 1.165) is 6.42 Å². The Morgan fingerprint density at radius 2 is 2.10 bits per heavy atom. The predicted octanol–water partition coefficient (Wildman–Crippen LogP) is 0.171. The van der Waals surface area contributed by atoms with Gasteiger partial charge in [-0.3, -0.25) is 0 Å². The summed E-state index contributed by atoms with van der Waals surface area (Å²) in [5.41, 5.74) is 0. The van der Waals surface area contributed by atoms with Gasteiger partial charge in [0, 0.05) is 5.92 Å². The van der Waals surface area contributed by atoms with Crippen LogP contribution in [0.25, 0.3) is 0 Å². The van der Waals surface area contributed by atoms with Gasteiger partial charge in [0.05, 0.1) is 6.10 Å². The summed E-state index contributed by atoms with van der Waals surface area (Å²) in [6.45, 7) is 4.03. The molecule has 2 nitrogen and oxygen atoms in total. The summed E-state index contributed by atoms with van der Waals surface area (Å²) in [6, 6.07) is 0. The third-order valence-electron chi connectivity index (χ3n) is 2.42.